The second kappa shape index (κ2) is 12.5. The summed E-state index contributed by atoms with van der Waals surface area (Å²) in [6.07, 6.45) is 3.99. The number of aryl methyl sites for hydroxylation is 1. The van der Waals surface area contributed by atoms with E-state index in [4.69, 9.17) is 9.73 Å². The highest BCUT2D eigenvalue weighted by atomic mass is 32.2. The first kappa shape index (κ1) is 29.8. The van der Waals surface area contributed by atoms with Gasteiger partial charge in [-0.3, -0.25) is 9.36 Å². The molecule has 8 heteroatoms. The fraction of sp³-hybridized carbons (Fsp3) is 0.132. The summed E-state index contributed by atoms with van der Waals surface area (Å²) in [7, 11) is 0. The average molecular weight is 642 g/mol. The van der Waals surface area contributed by atoms with E-state index >= 15 is 0 Å². The first-order valence-corrected chi connectivity index (χ1v) is 17.1. The van der Waals surface area contributed by atoms with Crippen molar-refractivity contribution in [3.63, 3.8) is 0 Å². The second-order valence-corrected chi connectivity index (χ2v) is 12.9. The van der Waals surface area contributed by atoms with Crippen LogP contribution < -0.4 is 14.9 Å². The molecular weight excluding hydrogens is 611 g/mol. The average Bonchev–Trinajstić information content (AvgIpc) is 3.62. The molecule has 0 saturated heterocycles. The van der Waals surface area contributed by atoms with Gasteiger partial charge in [-0.15, -0.1) is 11.8 Å². The zero-order valence-corrected chi connectivity index (χ0v) is 27.2. The Kier molecular flexibility index (Phi) is 8.07. The summed E-state index contributed by atoms with van der Waals surface area (Å²) < 4.78 is 7.80. The van der Waals surface area contributed by atoms with Crippen molar-refractivity contribution in [1.29, 1.82) is 0 Å². The van der Waals surface area contributed by atoms with Crippen molar-refractivity contribution in [2.45, 2.75) is 24.8 Å². The molecule has 0 bridgehead atoms. The van der Waals surface area contributed by atoms with Gasteiger partial charge in [-0.1, -0.05) is 102 Å². The molecule has 0 unspecified atom stereocenters. The number of thiazole rings is 1. The van der Waals surface area contributed by atoms with Crippen LogP contribution in [0.15, 0.2) is 123 Å². The van der Waals surface area contributed by atoms with E-state index in [1.165, 1.54) is 11.3 Å². The van der Waals surface area contributed by atoms with Crippen LogP contribution in [0.25, 0.3) is 33.9 Å². The van der Waals surface area contributed by atoms with Gasteiger partial charge in [0.25, 0.3) is 5.56 Å². The largest absolute Gasteiger partial charge is 0.463 e. The normalized spacial score (nSPS) is 14.8. The number of hydrogen-bond acceptors (Lipinski definition) is 6. The molecule has 46 heavy (non-hydrogen) atoms. The quantitative estimate of drug-likeness (QED) is 0.149. The van der Waals surface area contributed by atoms with E-state index in [0.29, 0.717) is 20.6 Å². The number of hydrogen-bond donors (Lipinski definition) is 1. The summed E-state index contributed by atoms with van der Waals surface area (Å²) in [6, 6.07) is 33.2. The molecule has 6 nitrogen and oxygen atoms in total. The lowest BCUT2D eigenvalue weighted by Gasteiger charge is -2.26. The van der Waals surface area contributed by atoms with Gasteiger partial charge >= 0.3 is 5.97 Å². The van der Waals surface area contributed by atoms with Gasteiger partial charge < -0.3 is 9.72 Å². The molecule has 1 atom stereocenters. The minimum absolute atomic E-state index is 0.204. The third-order valence-electron chi connectivity index (χ3n) is 8.23. The topological polar surface area (TPSA) is 76.4 Å². The zero-order valence-electron chi connectivity index (χ0n) is 25.6. The Morgan fingerprint density at radius 1 is 0.957 bits per heavy atom. The Balaban J connectivity index is 1.53. The summed E-state index contributed by atoms with van der Waals surface area (Å²) in [6.45, 7) is 4.07. The van der Waals surface area contributed by atoms with E-state index in [0.717, 1.165) is 49.3 Å². The number of aromatic nitrogens is 2. The highest BCUT2D eigenvalue weighted by molar-refractivity contribution is 7.98. The number of esters is 1. The number of ether oxygens (including phenoxy) is 1. The number of rotatable bonds is 7. The van der Waals surface area contributed by atoms with E-state index in [1.54, 1.807) is 23.3 Å². The number of aromatic amines is 1. The lowest BCUT2D eigenvalue weighted by atomic mass is 9.93. The zero-order chi connectivity index (χ0) is 31.8. The highest BCUT2D eigenvalue weighted by Gasteiger charge is 2.35. The molecule has 0 saturated carbocycles. The molecule has 0 aliphatic carbocycles. The van der Waals surface area contributed by atoms with E-state index < -0.39 is 12.0 Å². The summed E-state index contributed by atoms with van der Waals surface area (Å²) in [5.41, 5.74) is 7.30. The van der Waals surface area contributed by atoms with Crippen LogP contribution in [0.4, 0.5) is 0 Å². The van der Waals surface area contributed by atoms with E-state index in [-0.39, 0.29) is 12.2 Å². The molecule has 0 spiro atoms. The maximum Gasteiger partial charge on any atom is 0.338 e. The van der Waals surface area contributed by atoms with Crippen molar-refractivity contribution in [2.75, 3.05) is 12.9 Å². The van der Waals surface area contributed by atoms with Crippen LogP contribution >= 0.6 is 23.1 Å². The minimum Gasteiger partial charge on any atom is -0.463 e. The lowest BCUT2D eigenvalue weighted by molar-refractivity contribution is -0.138. The summed E-state index contributed by atoms with van der Waals surface area (Å²) in [5.74, 6) is -0.489. The van der Waals surface area contributed by atoms with E-state index in [1.807, 2.05) is 91.2 Å². The fourth-order valence-electron chi connectivity index (χ4n) is 6.04. The minimum atomic E-state index is -0.720. The Morgan fingerprint density at radius 3 is 2.33 bits per heavy atom. The molecule has 7 rings (SSSR count). The summed E-state index contributed by atoms with van der Waals surface area (Å²) in [5, 5.41) is 1.03. The molecule has 6 aromatic rings. The number of nitrogens with zero attached hydrogens (tertiary/aromatic N) is 2. The molecule has 1 aliphatic heterocycles. The first-order valence-electron chi connectivity index (χ1n) is 15.1. The van der Waals surface area contributed by atoms with Gasteiger partial charge in [-0.05, 0) is 55.0 Å². The summed E-state index contributed by atoms with van der Waals surface area (Å²) in [4.78, 5) is 38.6. The monoisotopic (exact) mass is 641 g/mol. The number of para-hydroxylation sites is 1. The van der Waals surface area contributed by atoms with Crippen LogP contribution in [-0.2, 0) is 9.53 Å². The molecular formula is C38H31N3O3S2. The molecule has 2 aromatic heterocycles. The predicted octanol–water partition coefficient (Wildman–Crippen LogP) is 7.11. The number of fused-ring (bicyclic) bond motifs is 2. The Morgan fingerprint density at radius 2 is 1.65 bits per heavy atom. The lowest BCUT2D eigenvalue weighted by Crippen LogP contribution is -2.40. The Hall–Kier alpha value is -4.92. The number of carbonyl (C=O) groups is 1. The predicted molar refractivity (Wildman–Crippen MR) is 188 cm³/mol. The van der Waals surface area contributed by atoms with Crippen LogP contribution in [0.2, 0.25) is 0 Å². The van der Waals surface area contributed by atoms with Crippen molar-refractivity contribution in [3.8, 4) is 11.3 Å². The van der Waals surface area contributed by atoms with Gasteiger partial charge in [0.05, 0.1) is 34.1 Å². The smallest absolute Gasteiger partial charge is 0.338 e. The van der Waals surface area contributed by atoms with Crippen LogP contribution in [0.5, 0.6) is 0 Å². The third kappa shape index (κ3) is 5.23. The van der Waals surface area contributed by atoms with Crippen LogP contribution in [0.1, 0.15) is 35.2 Å². The highest BCUT2D eigenvalue weighted by Crippen LogP contribution is 2.36. The van der Waals surface area contributed by atoms with Crippen molar-refractivity contribution in [3.05, 3.63) is 151 Å². The van der Waals surface area contributed by atoms with Crippen molar-refractivity contribution >= 4 is 51.7 Å². The number of benzene rings is 4. The molecule has 0 amide bonds. The summed E-state index contributed by atoms with van der Waals surface area (Å²) >= 11 is 2.97. The molecule has 1 aliphatic rings. The van der Waals surface area contributed by atoms with Gasteiger partial charge in [-0.25, -0.2) is 9.79 Å². The van der Waals surface area contributed by atoms with Gasteiger partial charge in [0.15, 0.2) is 4.80 Å². The molecule has 228 valence electrons. The van der Waals surface area contributed by atoms with Gasteiger partial charge in [0.2, 0.25) is 0 Å². The first-order chi connectivity index (χ1) is 22.5. The van der Waals surface area contributed by atoms with Gasteiger partial charge in [0.1, 0.15) is 0 Å². The second-order valence-electron chi connectivity index (χ2n) is 11.0. The fourth-order valence-corrected chi connectivity index (χ4v) is 7.43. The molecule has 0 radical (unpaired) electrons. The number of carbonyl (C=O) groups excluding carboxylic acids is 1. The van der Waals surface area contributed by atoms with Gasteiger partial charge in [-0.2, -0.15) is 0 Å². The Labute approximate surface area is 274 Å². The van der Waals surface area contributed by atoms with Crippen LogP contribution in [0, 0.1) is 6.92 Å². The Bertz CT molecular complexity index is 2300. The number of thioether (sulfide) groups is 1. The third-order valence-corrected chi connectivity index (χ3v) is 9.95. The number of H-pyrrole nitrogens is 1. The maximum atomic E-state index is 14.6. The molecule has 0 fully saturated rings. The van der Waals surface area contributed by atoms with Crippen LogP contribution in [-0.4, -0.2) is 28.4 Å². The van der Waals surface area contributed by atoms with Crippen molar-refractivity contribution in [1.82, 2.24) is 9.55 Å². The SMILES string of the molecule is CCOC(=O)C1=C(c2ccccc2)N=c2s/c(=C\c3c(-c4ccccc4)[nH]c4c(C)cccc34)c(=O)n2[C@@H]1c1ccc(SC)cc1. The molecule has 4 aromatic carbocycles. The maximum absolute atomic E-state index is 14.6. The number of nitrogens with one attached hydrogen (secondary N) is 1. The molecule has 3 heterocycles. The van der Waals surface area contributed by atoms with E-state index in [9.17, 15) is 9.59 Å². The van der Waals surface area contributed by atoms with Crippen molar-refractivity contribution in [2.24, 2.45) is 4.99 Å². The van der Waals surface area contributed by atoms with Crippen LogP contribution in [0.3, 0.4) is 0 Å². The van der Waals surface area contributed by atoms with Crippen molar-refractivity contribution < 1.29 is 9.53 Å². The molecule has 1 N–H and O–H groups in total. The van der Waals surface area contributed by atoms with E-state index in [2.05, 4.69) is 36.2 Å². The van der Waals surface area contributed by atoms with Gasteiger partial charge in [0, 0.05) is 26.9 Å². The standard InChI is InChI=1S/C38H31N3O3S2/c1-4-44-37(43)31-34(25-15-9-6-10-16-25)40-38-41(35(31)26-18-20-27(45-3)21-19-26)36(42)30(46-38)22-29-28-17-11-12-23(2)32(28)39-33(29)24-13-7-5-8-14-24/h5-22,35,39H,4H2,1-3H3/b30-22-/t35-/m1/s1.